The second kappa shape index (κ2) is 7.49. The largest absolute Gasteiger partial charge is 0.352 e. The van der Waals surface area contributed by atoms with Crippen molar-refractivity contribution in [3.05, 3.63) is 12.2 Å². The summed E-state index contributed by atoms with van der Waals surface area (Å²) in [5.74, 6) is 0.470. The van der Waals surface area contributed by atoms with Crippen molar-refractivity contribution in [2.24, 2.45) is 5.92 Å². The second-order valence-corrected chi connectivity index (χ2v) is 5.07. The topological polar surface area (TPSA) is 29.1 Å². The predicted molar refractivity (Wildman–Crippen MR) is 73.7 cm³/mol. The summed E-state index contributed by atoms with van der Waals surface area (Å²) in [6.07, 6.45) is 0. The summed E-state index contributed by atoms with van der Waals surface area (Å²) in [5, 5.41) is 2.93. The van der Waals surface area contributed by atoms with E-state index in [1.807, 2.05) is 0 Å². The van der Waals surface area contributed by atoms with E-state index in [-0.39, 0.29) is 5.91 Å². The molecule has 3 heteroatoms. The van der Waals surface area contributed by atoms with Crippen LogP contribution in [0.2, 0.25) is 0 Å². The average molecular weight is 241 g/mol. The molecule has 0 aliphatic heterocycles. The van der Waals surface area contributed by atoms with Crippen molar-refractivity contribution < 1.29 is 9.28 Å². The van der Waals surface area contributed by atoms with Crippen molar-refractivity contribution in [3.63, 3.8) is 0 Å². The first-order valence-electron chi connectivity index (χ1n) is 6.69. The van der Waals surface area contributed by atoms with E-state index in [4.69, 9.17) is 0 Å². The summed E-state index contributed by atoms with van der Waals surface area (Å²) in [5.41, 5.74) is 0.583. The third-order valence-corrected chi connectivity index (χ3v) is 3.71. The van der Waals surface area contributed by atoms with Crippen LogP contribution < -0.4 is 5.32 Å². The number of amides is 1. The molecule has 1 unspecified atom stereocenters. The van der Waals surface area contributed by atoms with Gasteiger partial charge in [0.2, 0.25) is 5.91 Å². The van der Waals surface area contributed by atoms with Crippen molar-refractivity contribution in [3.8, 4) is 0 Å². The highest BCUT2D eigenvalue weighted by Crippen LogP contribution is 2.10. The van der Waals surface area contributed by atoms with E-state index in [2.05, 4.69) is 39.6 Å². The molecule has 1 N–H and O–H groups in total. The molecular formula is C14H29N2O+. The minimum Gasteiger partial charge on any atom is -0.352 e. The Labute approximate surface area is 106 Å². The van der Waals surface area contributed by atoms with Gasteiger partial charge in [0.05, 0.1) is 26.2 Å². The van der Waals surface area contributed by atoms with E-state index in [1.165, 1.54) is 0 Å². The predicted octanol–water partition coefficient (Wildman–Crippen LogP) is 2.19. The van der Waals surface area contributed by atoms with Crippen molar-refractivity contribution >= 4 is 5.91 Å². The van der Waals surface area contributed by atoms with Crippen LogP contribution in [-0.4, -0.2) is 43.1 Å². The van der Waals surface area contributed by atoms with Gasteiger partial charge in [-0.3, -0.25) is 4.79 Å². The van der Waals surface area contributed by atoms with Crippen LogP contribution in [0.5, 0.6) is 0 Å². The fourth-order valence-electron chi connectivity index (χ4n) is 2.20. The zero-order chi connectivity index (χ0) is 13.5. The number of hydrogen-bond acceptors (Lipinski definition) is 1. The molecule has 17 heavy (non-hydrogen) atoms. The third-order valence-electron chi connectivity index (χ3n) is 3.71. The molecule has 0 rings (SSSR count). The molecule has 0 saturated heterocycles. The summed E-state index contributed by atoms with van der Waals surface area (Å²) in [4.78, 5) is 11.4. The van der Waals surface area contributed by atoms with Gasteiger partial charge in [-0.25, -0.2) is 0 Å². The lowest BCUT2D eigenvalue weighted by Gasteiger charge is -2.38. The van der Waals surface area contributed by atoms with Crippen molar-refractivity contribution in [2.45, 2.75) is 34.6 Å². The van der Waals surface area contributed by atoms with Crippen LogP contribution in [0, 0.1) is 5.92 Å². The van der Waals surface area contributed by atoms with E-state index >= 15 is 0 Å². The van der Waals surface area contributed by atoms with Gasteiger partial charge in [-0.15, -0.1) is 0 Å². The van der Waals surface area contributed by atoms with Crippen LogP contribution in [0.15, 0.2) is 12.2 Å². The van der Waals surface area contributed by atoms with E-state index in [0.717, 1.165) is 37.2 Å². The van der Waals surface area contributed by atoms with Gasteiger partial charge >= 0.3 is 0 Å². The molecule has 0 aliphatic carbocycles. The van der Waals surface area contributed by atoms with Gasteiger partial charge in [-0.05, 0) is 27.7 Å². The molecule has 1 atom stereocenters. The lowest BCUT2D eigenvalue weighted by Crippen LogP contribution is -2.51. The first-order valence-corrected chi connectivity index (χ1v) is 6.69. The molecule has 0 aromatic heterocycles. The molecule has 0 aromatic rings. The van der Waals surface area contributed by atoms with Crippen LogP contribution in [0.25, 0.3) is 0 Å². The lowest BCUT2D eigenvalue weighted by molar-refractivity contribution is -0.926. The first-order chi connectivity index (χ1) is 7.90. The number of nitrogens with one attached hydrogen (secondary N) is 1. The quantitative estimate of drug-likeness (QED) is 0.512. The fourth-order valence-corrected chi connectivity index (χ4v) is 2.20. The number of rotatable bonds is 8. The summed E-state index contributed by atoms with van der Waals surface area (Å²) < 4.78 is 1.13. The maximum atomic E-state index is 11.4. The van der Waals surface area contributed by atoms with Gasteiger partial charge in [-0.2, -0.15) is 0 Å². The normalized spacial score (nSPS) is 13.2. The van der Waals surface area contributed by atoms with Gasteiger partial charge in [0.15, 0.2) is 0 Å². The van der Waals surface area contributed by atoms with E-state index in [1.54, 1.807) is 6.92 Å². The molecule has 0 fully saturated rings. The van der Waals surface area contributed by atoms with Crippen LogP contribution in [-0.2, 0) is 4.79 Å². The van der Waals surface area contributed by atoms with E-state index < -0.39 is 0 Å². The average Bonchev–Trinajstić information content (AvgIpc) is 2.33. The summed E-state index contributed by atoms with van der Waals surface area (Å²) in [6, 6.07) is 0. The van der Waals surface area contributed by atoms with Crippen LogP contribution in [0.4, 0.5) is 0 Å². The molecule has 0 spiro atoms. The Morgan fingerprint density at radius 3 is 2.06 bits per heavy atom. The Morgan fingerprint density at radius 1 is 1.24 bits per heavy atom. The Bertz CT molecular complexity index is 249. The molecule has 0 radical (unpaired) electrons. The van der Waals surface area contributed by atoms with Crippen molar-refractivity contribution in [2.75, 3.05) is 32.7 Å². The number of quaternary nitrogens is 1. The zero-order valence-corrected chi connectivity index (χ0v) is 12.2. The smallest absolute Gasteiger partial charge is 0.246 e. The third kappa shape index (κ3) is 5.35. The second-order valence-electron chi connectivity index (χ2n) is 5.07. The van der Waals surface area contributed by atoms with Gasteiger partial charge in [0.25, 0.3) is 0 Å². The SMILES string of the molecule is C=C(C)C(=O)NCC(C)C[N+](CC)(CC)CC. The summed E-state index contributed by atoms with van der Waals surface area (Å²) >= 11 is 0. The highest BCUT2D eigenvalue weighted by Gasteiger charge is 2.23. The maximum absolute atomic E-state index is 11.4. The molecule has 3 nitrogen and oxygen atoms in total. The number of hydrogen-bond donors (Lipinski definition) is 1. The molecule has 0 heterocycles. The van der Waals surface area contributed by atoms with Crippen LogP contribution in [0.3, 0.4) is 0 Å². The summed E-state index contributed by atoms with van der Waals surface area (Å²) in [6.45, 7) is 19.7. The summed E-state index contributed by atoms with van der Waals surface area (Å²) in [7, 11) is 0. The van der Waals surface area contributed by atoms with Crippen LogP contribution in [0.1, 0.15) is 34.6 Å². The van der Waals surface area contributed by atoms with Gasteiger partial charge in [-0.1, -0.05) is 13.5 Å². The van der Waals surface area contributed by atoms with E-state index in [0.29, 0.717) is 11.5 Å². The minimum atomic E-state index is -0.0283. The first kappa shape index (κ1) is 16.2. The lowest BCUT2D eigenvalue weighted by atomic mass is 10.1. The Kier molecular flexibility index (Phi) is 7.12. The standard InChI is InChI=1S/C14H28N2O/c1-7-16(8-2,9-3)11-13(6)10-15-14(17)12(4)5/h13H,4,7-11H2,1-3,5-6H3/p+1. The molecule has 1 amide bonds. The number of carbonyl (C=O) groups excluding carboxylic acids is 1. The van der Waals surface area contributed by atoms with Gasteiger partial charge in [0.1, 0.15) is 0 Å². The Balaban J connectivity index is 4.20. The molecule has 0 aromatic carbocycles. The van der Waals surface area contributed by atoms with Crippen molar-refractivity contribution in [1.29, 1.82) is 0 Å². The molecular weight excluding hydrogens is 212 g/mol. The van der Waals surface area contributed by atoms with Crippen molar-refractivity contribution in [1.82, 2.24) is 5.32 Å². The van der Waals surface area contributed by atoms with Crippen LogP contribution >= 0.6 is 0 Å². The molecule has 0 aliphatic rings. The number of carbonyl (C=O) groups is 1. The number of nitrogens with zero attached hydrogens (tertiary/aromatic N) is 1. The fraction of sp³-hybridized carbons (Fsp3) is 0.786. The highest BCUT2D eigenvalue weighted by atomic mass is 16.1. The minimum absolute atomic E-state index is 0.0283. The molecule has 0 bridgehead atoms. The monoisotopic (exact) mass is 241 g/mol. The van der Waals surface area contributed by atoms with Gasteiger partial charge in [0, 0.05) is 18.0 Å². The maximum Gasteiger partial charge on any atom is 0.246 e. The van der Waals surface area contributed by atoms with E-state index in [9.17, 15) is 4.79 Å². The highest BCUT2D eigenvalue weighted by molar-refractivity contribution is 5.92. The Hall–Kier alpha value is -0.830. The van der Waals surface area contributed by atoms with Gasteiger partial charge < -0.3 is 9.80 Å². The Morgan fingerprint density at radius 2 is 1.71 bits per heavy atom. The molecule has 0 saturated carbocycles. The molecule has 100 valence electrons. The zero-order valence-electron chi connectivity index (χ0n) is 12.2.